The molecule has 0 radical (unpaired) electrons. The highest BCUT2D eigenvalue weighted by atomic mass is 32.2. The molecule has 0 heterocycles. The van der Waals surface area contributed by atoms with Crippen LogP contribution in [-0.2, 0) is 21.2 Å². The minimum absolute atomic E-state index is 0.0138. The summed E-state index contributed by atoms with van der Waals surface area (Å²) in [6, 6.07) is 4.20. The molecule has 0 saturated heterocycles. The van der Waals surface area contributed by atoms with Crippen LogP contribution in [0.4, 0.5) is 0 Å². The third kappa shape index (κ3) is 4.53. The minimum Gasteiger partial charge on any atom is -0.496 e. The molecule has 0 unspecified atom stereocenters. The average Bonchev–Trinajstić information content (AvgIpc) is 2.26. The van der Waals surface area contributed by atoms with Crippen LogP contribution in [0.25, 0.3) is 0 Å². The summed E-state index contributed by atoms with van der Waals surface area (Å²) < 4.78 is 27.7. The van der Waals surface area contributed by atoms with E-state index in [1.165, 1.54) is 25.3 Å². The molecule has 0 aromatic heterocycles. The summed E-state index contributed by atoms with van der Waals surface area (Å²) in [7, 11) is -2.34. The van der Waals surface area contributed by atoms with Gasteiger partial charge in [-0.05, 0) is 32.0 Å². The fourth-order valence-corrected chi connectivity index (χ4v) is 2.18. The van der Waals surface area contributed by atoms with Crippen LogP contribution in [0.3, 0.4) is 0 Å². The second-order valence-electron chi connectivity index (χ2n) is 4.42. The van der Waals surface area contributed by atoms with Gasteiger partial charge in [-0.1, -0.05) is 0 Å². The van der Waals surface area contributed by atoms with E-state index in [4.69, 9.17) is 9.88 Å². The number of ether oxygens (including phenoxy) is 1. The number of benzene rings is 1. The predicted molar refractivity (Wildman–Crippen MR) is 71.3 cm³/mol. The molecule has 1 aromatic rings. The summed E-state index contributed by atoms with van der Waals surface area (Å²) >= 11 is 0. The average molecular weight is 286 g/mol. The third-order valence-corrected chi connectivity index (χ3v) is 3.29. The quantitative estimate of drug-likeness (QED) is 0.819. The molecule has 0 fully saturated rings. The predicted octanol–water partition coefficient (Wildman–Crippen LogP) is 0.410. The Morgan fingerprint density at radius 3 is 2.53 bits per heavy atom. The minimum atomic E-state index is -3.80. The van der Waals surface area contributed by atoms with E-state index < -0.39 is 10.0 Å². The molecule has 0 aliphatic heterocycles. The fourth-order valence-electron chi connectivity index (χ4n) is 1.62. The Kier molecular flexibility index (Phi) is 4.90. The van der Waals surface area contributed by atoms with Crippen molar-refractivity contribution in [1.82, 2.24) is 5.32 Å². The SMILES string of the molecule is COc1ccc(S(N)(=O)=O)cc1CC(=O)NC(C)C. The molecule has 0 saturated carbocycles. The van der Waals surface area contributed by atoms with Crippen LogP contribution in [0, 0.1) is 0 Å². The Bertz CT molecular complexity index is 567. The zero-order valence-corrected chi connectivity index (χ0v) is 12.0. The smallest absolute Gasteiger partial charge is 0.238 e. The van der Waals surface area contributed by atoms with E-state index in [1.807, 2.05) is 13.8 Å². The van der Waals surface area contributed by atoms with Crippen molar-refractivity contribution in [3.8, 4) is 5.75 Å². The Balaban J connectivity index is 3.07. The van der Waals surface area contributed by atoms with Gasteiger partial charge < -0.3 is 10.1 Å². The van der Waals surface area contributed by atoms with Gasteiger partial charge in [-0.15, -0.1) is 0 Å². The molecule has 6 nitrogen and oxygen atoms in total. The lowest BCUT2D eigenvalue weighted by Crippen LogP contribution is -2.31. The van der Waals surface area contributed by atoms with Gasteiger partial charge in [0.25, 0.3) is 0 Å². The zero-order valence-electron chi connectivity index (χ0n) is 11.1. The van der Waals surface area contributed by atoms with Gasteiger partial charge in [-0.2, -0.15) is 0 Å². The zero-order chi connectivity index (χ0) is 14.6. The molecule has 0 bridgehead atoms. The maximum absolute atomic E-state index is 11.7. The first-order valence-electron chi connectivity index (χ1n) is 5.73. The lowest BCUT2D eigenvalue weighted by atomic mass is 10.1. The molecular formula is C12H18N2O4S. The molecule has 0 spiro atoms. The van der Waals surface area contributed by atoms with Crippen LogP contribution < -0.4 is 15.2 Å². The van der Waals surface area contributed by atoms with E-state index >= 15 is 0 Å². The highest BCUT2D eigenvalue weighted by molar-refractivity contribution is 7.89. The van der Waals surface area contributed by atoms with Crippen molar-refractivity contribution in [2.24, 2.45) is 5.14 Å². The third-order valence-electron chi connectivity index (χ3n) is 2.38. The molecule has 1 aromatic carbocycles. The van der Waals surface area contributed by atoms with Crippen LogP contribution in [0.2, 0.25) is 0 Å². The van der Waals surface area contributed by atoms with Crippen molar-refractivity contribution in [3.05, 3.63) is 23.8 Å². The maximum atomic E-state index is 11.7. The number of carbonyl (C=O) groups is 1. The monoisotopic (exact) mass is 286 g/mol. The first-order chi connectivity index (χ1) is 8.74. The van der Waals surface area contributed by atoms with Crippen molar-refractivity contribution in [2.45, 2.75) is 31.2 Å². The van der Waals surface area contributed by atoms with Crippen LogP contribution in [-0.4, -0.2) is 27.5 Å². The van der Waals surface area contributed by atoms with Crippen molar-refractivity contribution in [3.63, 3.8) is 0 Å². The molecule has 3 N–H and O–H groups in total. The highest BCUT2D eigenvalue weighted by Gasteiger charge is 2.14. The summed E-state index contributed by atoms with van der Waals surface area (Å²) in [4.78, 5) is 11.7. The standard InChI is InChI=1S/C12H18N2O4S/c1-8(2)14-12(15)7-9-6-10(19(13,16)17)4-5-11(9)18-3/h4-6,8H,7H2,1-3H3,(H,14,15)(H2,13,16,17). The molecule has 0 atom stereocenters. The van der Waals surface area contributed by atoms with Gasteiger partial charge >= 0.3 is 0 Å². The number of nitrogens with one attached hydrogen (secondary N) is 1. The fraction of sp³-hybridized carbons (Fsp3) is 0.417. The molecule has 106 valence electrons. The summed E-state index contributed by atoms with van der Waals surface area (Å²) in [6.45, 7) is 3.69. The van der Waals surface area contributed by atoms with Gasteiger partial charge in [0, 0.05) is 11.6 Å². The number of methoxy groups -OCH3 is 1. The molecule has 1 rings (SSSR count). The number of amides is 1. The largest absolute Gasteiger partial charge is 0.496 e. The van der Waals surface area contributed by atoms with Crippen molar-refractivity contribution >= 4 is 15.9 Å². The lowest BCUT2D eigenvalue weighted by molar-refractivity contribution is -0.120. The number of nitrogens with two attached hydrogens (primary N) is 1. The number of rotatable bonds is 5. The summed E-state index contributed by atoms with van der Waals surface area (Å²) in [6.07, 6.45) is 0.0325. The van der Waals surface area contributed by atoms with Gasteiger partial charge in [0.15, 0.2) is 0 Å². The van der Waals surface area contributed by atoms with E-state index in [2.05, 4.69) is 5.32 Å². The van der Waals surface area contributed by atoms with Crippen molar-refractivity contribution in [1.29, 1.82) is 0 Å². The number of hydrogen-bond acceptors (Lipinski definition) is 4. The van der Waals surface area contributed by atoms with Crippen LogP contribution in [0.1, 0.15) is 19.4 Å². The van der Waals surface area contributed by atoms with E-state index in [0.717, 1.165) is 0 Å². The Hall–Kier alpha value is -1.60. The second kappa shape index (κ2) is 6.03. The molecule has 7 heteroatoms. The second-order valence-corrected chi connectivity index (χ2v) is 5.98. The van der Waals surface area contributed by atoms with Crippen LogP contribution in [0.5, 0.6) is 5.75 Å². The lowest BCUT2D eigenvalue weighted by Gasteiger charge is -2.12. The summed E-state index contributed by atoms with van der Waals surface area (Å²) in [5.74, 6) is 0.242. The number of sulfonamides is 1. The Morgan fingerprint density at radius 1 is 1.42 bits per heavy atom. The van der Waals surface area contributed by atoms with Gasteiger partial charge in [-0.3, -0.25) is 4.79 Å². The Morgan fingerprint density at radius 2 is 2.05 bits per heavy atom. The highest BCUT2D eigenvalue weighted by Crippen LogP contribution is 2.22. The number of carbonyl (C=O) groups excluding carboxylic acids is 1. The first-order valence-corrected chi connectivity index (χ1v) is 7.27. The van der Waals surface area contributed by atoms with E-state index in [-0.39, 0.29) is 23.3 Å². The van der Waals surface area contributed by atoms with Gasteiger partial charge in [0.2, 0.25) is 15.9 Å². The summed E-state index contributed by atoms with van der Waals surface area (Å²) in [5.41, 5.74) is 0.479. The Labute approximate surface area is 113 Å². The number of primary sulfonamides is 1. The van der Waals surface area contributed by atoms with Crippen molar-refractivity contribution in [2.75, 3.05) is 7.11 Å². The van der Waals surface area contributed by atoms with Gasteiger partial charge in [0.1, 0.15) is 5.75 Å². The molecule has 19 heavy (non-hydrogen) atoms. The van der Waals surface area contributed by atoms with Crippen LogP contribution >= 0.6 is 0 Å². The molecule has 1 amide bonds. The van der Waals surface area contributed by atoms with Gasteiger partial charge in [-0.25, -0.2) is 13.6 Å². The molecule has 0 aliphatic rings. The van der Waals surface area contributed by atoms with E-state index in [1.54, 1.807) is 0 Å². The molecule has 0 aliphatic carbocycles. The maximum Gasteiger partial charge on any atom is 0.238 e. The topological polar surface area (TPSA) is 98.5 Å². The summed E-state index contributed by atoms with van der Waals surface area (Å²) in [5, 5.41) is 7.79. The van der Waals surface area contributed by atoms with Crippen LogP contribution in [0.15, 0.2) is 23.1 Å². The van der Waals surface area contributed by atoms with E-state index in [0.29, 0.717) is 11.3 Å². The number of hydrogen-bond donors (Lipinski definition) is 2. The first kappa shape index (κ1) is 15.5. The molecular weight excluding hydrogens is 268 g/mol. The normalized spacial score (nSPS) is 11.4. The van der Waals surface area contributed by atoms with Gasteiger partial charge in [0.05, 0.1) is 18.4 Å². The van der Waals surface area contributed by atoms with Crippen molar-refractivity contribution < 1.29 is 17.9 Å². The van der Waals surface area contributed by atoms with E-state index in [9.17, 15) is 13.2 Å².